The highest BCUT2D eigenvalue weighted by Gasteiger charge is 1.97. The predicted octanol–water partition coefficient (Wildman–Crippen LogP) is 3.16. The van der Waals surface area contributed by atoms with Crippen molar-refractivity contribution in [3.8, 4) is 0 Å². The van der Waals surface area contributed by atoms with E-state index in [9.17, 15) is 8.42 Å². The van der Waals surface area contributed by atoms with Crippen molar-refractivity contribution < 1.29 is 8.42 Å². The fraction of sp³-hybridized carbons (Fsp3) is 0.750. The van der Waals surface area contributed by atoms with Crippen molar-refractivity contribution in [2.45, 2.75) is 26.2 Å². The maximum Gasteiger partial charge on any atom is 0.236 e. The smallest absolute Gasteiger partial charge is 0.212 e. The molecule has 0 spiro atoms. The minimum absolute atomic E-state index is 0.158. The second kappa shape index (κ2) is 10.4. The molecule has 0 aromatic carbocycles. The van der Waals surface area contributed by atoms with Crippen LogP contribution in [0.4, 0.5) is 0 Å². The normalized spacial score (nSPS) is 10.1. The van der Waals surface area contributed by atoms with E-state index in [1.807, 2.05) is 0 Å². The fourth-order valence-electron chi connectivity index (χ4n) is 0.485. The lowest BCUT2D eigenvalue weighted by molar-refractivity contribution is 0.612. The molecule has 0 fully saturated rings. The van der Waals surface area contributed by atoms with Gasteiger partial charge in [0.2, 0.25) is 9.05 Å². The van der Waals surface area contributed by atoms with E-state index in [-0.39, 0.29) is 5.75 Å². The van der Waals surface area contributed by atoms with Crippen molar-refractivity contribution in [2.24, 2.45) is 0 Å². The zero-order chi connectivity index (χ0) is 10.7. The van der Waals surface area contributed by atoms with E-state index in [2.05, 4.69) is 13.5 Å². The van der Waals surface area contributed by atoms with Gasteiger partial charge in [-0.2, -0.15) is 0 Å². The van der Waals surface area contributed by atoms with Gasteiger partial charge in [-0.15, -0.1) is 18.2 Å². The molecule has 0 aliphatic rings. The van der Waals surface area contributed by atoms with Gasteiger partial charge in [-0.25, -0.2) is 8.42 Å². The Balaban J connectivity index is 0. The Kier molecular flexibility index (Phi) is 12.5. The molecule has 0 rings (SSSR count). The third-order valence-corrected chi connectivity index (χ3v) is 2.33. The quantitative estimate of drug-likeness (QED) is 0.323. The molecule has 13 heavy (non-hydrogen) atoms. The number of alkyl halides is 1. The highest BCUT2D eigenvalue weighted by Crippen LogP contribution is 1.94. The minimum atomic E-state index is -3.32. The van der Waals surface area contributed by atoms with Gasteiger partial charge in [0.05, 0.1) is 5.75 Å². The summed E-state index contributed by atoms with van der Waals surface area (Å²) in [5, 5.41) is 0. The summed E-state index contributed by atoms with van der Waals surface area (Å²) < 4.78 is 19.9. The van der Waals surface area contributed by atoms with Crippen molar-refractivity contribution in [2.75, 3.05) is 11.6 Å². The Morgan fingerprint density at radius 1 is 1.38 bits per heavy atom. The average molecular weight is 247 g/mol. The SMILES string of the molecule is C=CCS(=O)(=O)Cl.CCCCCCl. The number of hydrogen-bond donors (Lipinski definition) is 0. The number of rotatable bonds is 5. The van der Waals surface area contributed by atoms with Crippen molar-refractivity contribution in [1.29, 1.82) is 0 Å². The summed E-state index contributed by atoms with van der Waals surface area (Å²) in [5.41, 5.74) is 0. The molecule has 0 heterocycles. The molecule has 0 aromatic heterocycles. The molecule has 0 radical (unpaired) electrons. The van der Waals surface area contributed by atoms with Gasteiger partial charge < -0.3 is 0 Å². The van der Waals surface area contributed by atoms with Gasteiger partial charge in [0.25, 0.3) is 0 Å². The second-order valence-electron chi connectivity index (χ2n) is 2.39. The third-order valence-electron chi connectivity index (χ3n) is 1.05. The van der Waals surface area contributed by atoms with Crippen LogP contribution in [0.1, 0.15) is 26.2 Å². The van der Waals surface area contributed by atoms with Crippen LogP contribution >= 0.6 is 22.3 Å². The summed E-state index contributed by atoms with van der Waals surface area (Å²) in [6, 6.07) is 0. The maximum atomic E-state index is 9.93. The summed E-state index contributed by atoms with van der Waals surface area (Å²) in [6.07, 6.45) is 4.97. The van der Waals surface area contributed by atoms with Crippen LogP contribution < -0.4 is 0 Å². The van der Waals surface area contributed by atoms with Crippen LogP contribution in [0.2, 0.25) is 0 Å². The van der Waals surface area contributed by atoms with Crippen molar-refractivity contribution in [3.05, 3.63) is 12.7 Å². The molecule has 0 atom stereocenters. The zero-order valence-electron chi connectivity index (χ0n) is 7.80. The summed E-state index contributed by atoms with van der Waals surface area (Å²) in [5.74, 6) is 0.669. The van der Waals surface area contributed by atoms with Crippen molar-refractivity contribution >= 4 is 31.3 Å². The predicted molar refractivity (Wildman–Crippen MR) is 60.1 cm³/mol. The molecular formula is C8H16Cl2O2S. The van der Waals surface area contributed by atoms with Gasteiger partial charge in [-0.1, -0.05) is 25.8 Å². The van der Waals surface area contributed by atoms with Crippen molar-refractivity contribution in [1.82, 2.24) is 0 Å². The molecule has 0 saturated heterocycles. The lowest BCUT2D eigenvalue weighted by atomic mass is 10.3. The van der Waals surface area contributed by atoms with E-state index in [0.717, 1.165) is 5.88 Å². The fourth-order valence-corrected chi connectivity index (χ4v) is 1.22. The molecule has 5 heteroatoms. The van der Waals surface area contributed by atoms with E-state index in [4.69, 9.17) is 22.3 Å². The summed E-state index contributed by atoms with van der Waals surface area (Å²) in [4.78, 5) is 0. The van der Waals surface area contributed by atoms with E-state index in [1.165, 1.54) is 25.3 Å². The third kappa shape index (κ3) is 24.5. The first kappa shape index (κ1) is 15.7. The van der Waals surface area contributed by atoms with Crippen LogP contribution in [-0.2, 0) is 9.05 Å². The van der Waals surface area contributed by atoms with Gasteiger partial charge in [-0.05, 0) is 6.42 Å². The Morgan fingerprint density at radius 2 is 1.92 bits per heavy atom. The molecule has 0 aliphatic carbocycles. The minimum Gasteiger partial charge on any atom is -0.212 e. The van der Waals surface area contributed by atoms with Crippen LogP contribution in [0, 0.1) is 0 Å². The number of hydrogen-bond acceptors (Lipinski definition) is 2. The molecule has 80 valence electrons. The Morgan fingerprint density at radius 3 is 2.00 bits per heavy atom. The van der Waals surface area contributed by atoms with Crippen LogP contribution in [0.5, 0.6) is 0 Å². The molecule has 0 N–H and O–H groups in total. The lowest BCUT2D eigenvalue weighted by Gasteiger charge is -1.84. The largest absolute Gasteiger partial charge is 0.236 e. The first-order chi connectivity index (χ1) is 5.97. The first-order valence-electron chi connectivity index (χ1n) is 4.07. The van der Waals surface area contributed by atoms with E-state index in [1.54, 1.807) is 0 Å². The number of unbranched alkanes of at least 4 members (excludes halogenated alkanes) is 2. The second-order valence-corrected chi connectivity index (χ2v) is 5.59. The molecule has 0 saturated carbocycles. The Bertz CT molecular complexity index is 196. The number of halogens is 2. The lowest BCUT2D eigenvalue weighted by Crippen LogP contribution is -1.90. The summed E-state index contributed by atoms with van der Waals surface area (Å²) in [6.45, 7) is 5.36. The molecule has 0 unspecified atom stereocenters. The van der Waals surface area contributed by atoms with Gasteiger partial charge in [0, 0.05) is 16.6 Å². The Labute approximate surface area is 90.3 Å². The van der Waals surface area contributed by atoms with Crippen molar-refractivity contribution in [3.63, 3.8) is 0 Å². The summed E-state index contributed by atoms with van der Waals surface area (Å²) in [7, 11) is 1.41. The van der Waals surface area contributed by atoms with Crippen LogP contribution in [0.25, 0.3) is 0 Å². The highest BCUT2D eigenvalue weighted by molar-refractivity contribution is 8.13. The van der Waals surface area contributed by atoms with Crippen LogP contribution in [0.15, 0.2) is 12.7 Å². The van der Waals surface area contributed by atoms with Crippen LogP contribution in [0.3, 0.4) is 0 Å². The molecule has 0 amide bonds. The topological polar surface area (TPSA) is 34.1 Å². The summed E-state index contributed by atoms with van der Waals surface area (Å²) >= 11 is 5.38. The zero-order valence-corrected chi connectivity index (χ0v) is 10.1. The first-order valence-corrected chi connectivity index (χ1v) is 7.08. The van der Waals surface area contributed by atoms with E-state index < -0.39 is 9.05 Å². The molecule has 2 nitrogen and oxygen atoms in total. The van der Waals surface area contributed by atoms with E-state index in [0.29, 0.717) is 0 Å². The monoisotopic (exact) mass is 246 g/mol. The molecule has 0 aliphatic heterocycles. The van der Waals surface area contributed by atoms with Gasteiger partial charge in [-0.3, -0.25) is 0 Å². The highest BCUT2D eigenvalue weighted by atomic mass is 35.7. The van der Waals surface area contributed by atoms with Gasteiger partial charge in [0.1, 0.15) is 0 Å². The molecule has 0 bridgehead atoms. The maximum absolute atomic E-state index is 9.93. The molecule has 0 aromatic rings. The van der Waals surface area contributed by atoms with Crippen LogP contribution in [-0.4, -0.2) is 20.1 Å². The van der Waals surface area contributed by atoms with Gasteiger partial charge in [0.15, 0.2) is 0 Å². The van der Waals surface area contributed by atoms with Gasteiger partial charge >= 0.3 is 0 Å². The van der Waals surface area contributed by atoms with E-state index >= 15 is 0 Å². The Hall–Kier alpha value is 0.270. The standard InChI is InChI=1S/C5H11Cl.C3H5ClO2S/c1-2-3-4-5-6;1-2-3-7(4,5)6/h2-5H2,1H3;2H,1,3H2. The average Bonchev–Trinajstić information content (AvgIpc) is 1.99. The molecular weight excluding hydrogens is 231 g/mol.